The normalized spacial score (nSPS) is 10.3. The van der Waals surface area contributed by atoms with Crippen molar-refractivity contribution >= 4 is 23.2 Å². The Labute approximate surface area is 138 Å². The average molecular weight is 333 g/mol. The van der Waals surface area contributed by atoms with Gasteiger partial charge in [0.25, 0.3) is 0 Å². The number of amides is 1. The maximum Gasteiger partial charge on any atom is 0.227 e. The molecule has 0 aliphatic rings. The molecule has 0 fully saturated rings. The van der Waals surface area contributed by atoms with Crippen LogP contribution in [0.5, 0.6) is 5.75 Å². The van der Waals surface area contributed by atoms with Crippen LogP contribution in [0.15, 0.2) is 24.3 Å². The fourth-order valence-corrected chi connectivity index (χ4v) is 2.93. The molecule has 1 amide bonds. The number of carboxylic acids is 1. The van der Waals surface area contributed by atoms with Crippen LogP contribution in [0.1, 0.15) is 32.9 Å². The molecule has 1 N–H and O–H groups in total. The van der Waals surface area contributed by atoms with Crippen molar-refractivity contribution in [1.29, 1.82) is 0 Å². The van der Waals surface area contributed by atoms with Crippen LogP contribution >= 0.6 is 11.3 Å². The van der Waals surface area contributed by atoms with Crippen molar-refractivity contribution in [2.24, 2.45) is 0 Å². The number of nitrogens with zero attached hydrogens (tertiary/aromatic N) is 1. The predicted molar refractivity (Wildman–Crippen MR) is 84.3 cm³/mol. The molecular formula is C16H17N2O4S-. The van der Waals surface area contributed by atoms with Crippen molar-refractivity contribution in [3.05, 3.63) is 45.4 Å². The largest absolute Gasteiger partial charge is 0.544 e. The Morgan fingerprint density at radius 3 is 2.83 bits per heavy atom. The van der Waals surface area contributed by atoms with Gasteiger partial charge in [-0.1, -0.05) is 12.1 Å². The first-order chi connectivity index (χ1) is 11.0. The summed E-state index contributed by atoms with van der Waals surface area (Å²) in [5.41, 5.74) is 1.30. The zero-order valence-corrected chi connectivity index (χ0v) is 13.7. The number of aryl methyl sites for hydroxylation is 1. The number of hydrogen-bond acceptors (Lipinski definition) is 6. The Balaban J connectivity index is 1.91. The summed E-state index contributed by atoms with van der Waals surface area (Å²) in [6.45, 7) is 4.45. The van der Waals surface area contributed by atoms with Gasteiger partial charge in [0, 0.05) is 6.54 Å². The second-order valence-corrected chi connectivity index (χ2v) is 5.93. The van der Waals surface area contributed by atoms with Crippen molar-refractivity contribution in [2.75, 3.05) is 6.61 Å². The number of rotatable bonds is 7. The van der Waals surface area contributed by atoms with E-state index in [0.29, 0.717) is 23.9 Å². The highest BCUT2D eigenvalue weighted by Gasteiger charge is 2.12. The molecule has 2 rings (SSSR count). The number of ether oxygens (including phenoxy) is 1. The fraction of sp³-hybridized carbons (Fsp3) is 0.312. The number of hydrogen-bond donors (Lipinski definition) is 1. The lowest BCUT2D eigenvalue weighted by Gasteiger charge is -2.07. The summed E-state index contributed by atoms with van der Waals surface area (Å²) in [5, 5.41) is 14.1. The zero-order chi connectivity index (χ0) is 16.8. The number of benzene rings is 1. The molecule has 0 saturated carbocycles. The summed E-state index contributed by atoms with van der Waals surface area (Å²) in [5.74, 6) is -0.724. The van der Waals surface area contributed by atoms with Gasteiger partial charge in [-0.25, -0.2) is 4.98 Å². The smallest absolute Gasteiger partial charge is 0.227 e. The van der Waals surface area contributed by atoms with Crippen molar-refractivity contribution in [2.45, 2.75) is 26.8 Å². The van der Waals surface area contributed by atoms with Crippen LogP contribution < -0.4 is 15.2 Å². The number of aromatic nitrogens is 1. The molecule has 0 unspecified atom stereocenters. The molecular weight excluding hydrogens is 316 g/mol. The number of carbonyl (C=O) groups is 2. The van der Waals surface area contributed by atoms with E-state index < -0.39 is 5.97 Å². The van der Waals surface area contributed by atoms with Gasteiger partial charge in [-0.2, -0.15) is 0 Å². The topological polar surface area (TPSA) is 91.3 Å². The molecule has 1 aromatic carbocycles. The van der Waals surface area contributed by atoms with Gasteiger partial charge in [-0.15, -0.1) is 11.3 Å². The van der Waals surface area contributed by atoms with Gasteiger partial charge < -0.3 is 20.0 Å². The van der Waals surface area contributed by atoms with Gasteiger partial charge in [0.15, 0.2) is 0 Å². The molecule has 0 aliphatic heterocycles. The lowest BCUT2D eigenvalue weighted by atomic mass is 10.2. The number of carboxylic acid groups (broad SMARTS) is 1. The minimum Gasteiger partial charge on any atom is -0.544 e. The standard InChI is InChI=1S/C16H18N2O4S/c1-3-22-12-6-4-5-11(7-12)9-17-13(19)8-14-18-10(2)15(23-14)16(20)21/h4-7H,3,8-9H2,1-2H3,(H,17,19)(H,20,21)/p-1. The second kappa shape index (κ2) is 7.73. The summed E-state index contributed by atoms with van der Waals surface area (Å²) < 4.78 is 5.40. The first-order valence-electron chi connectivity index (χ1n) is 7.15. The first-order valence-corrected chi connectivity index (χ1v) is 7.97. The maximum absolute atomic E-state index is 11.9. The predicted octanol–water partition coefficient (Wildman–Crippen LogP) is 1.07. The van der Waals surface area contributed by atoms with Gasteiger partial charge in [0.2, 0.25) is 5.91 Å². The highest BCUT2D eigenvalue weighted by atomic mass is 32.1. The van der Waals surface area contributed by atoms with E-state index >= 15 is 0 Å². The average Bonchev–Trinajstić information content (AvgIpc) is 2.87. The van der Waals surface area contributed by atoms with Crippen LogP contribution in [-0.2, 0) is 17.8 Å². The van der Waals surface area contributed by atoms with Crippen LogP contribution in [-0.4, -0.2) is 23.5 Å². The minimum atomic E-state index is -1.26. The van der Waals surface area contributed by atoms with Crippen LogP contribution in [0.25, 0.3) is 0 Å². The van der Waals surface area contributed by atoms with Crippen LogP contribution in [0, 0.1) is 6.92 Å². The molecule has 6 nitrogen and oxygen atoms in total. The molecule has 2 aromatic rings. The number of carbonyl (C=O) groups excluding carboxylic acids is 2. The molecule has 0 saturated heterocycles. The Morgan fingerprint density at radius 2 is 2.17 bits per heavy atom. The van der Waals surface area contributed by atoms with E-state index in [4.69, 9.17) is 4.74 Å². The first kappa shape index (κ1) is 17.0. The van der Waals surface area contributed by atoms with E-state index in [1.54, 1.807) is 6.92 Å². The molecule has 0 spiro atoms. The molecule has 23 heavy (non-hydrogen) atoms. The Morgan fingerprint density at radius 1 is 1.39 bits per heavy atom. The van der Waals surface area contributed by atoms with Crippen molar-refractivity contribution in [3.8, 4) is 5.75 Å². The third kappa shape index (κ3) is 4.79. The van der Waals surface area contributed by atoms with Crippen LogP contribution in [0.4, 0.5) is 0 Å². The summed E-state index contributed by atoms with van der Waals surface area (Å²) >= 11 is 0.973. The van der Waals surface area contributed by atoms with Gasteiger partial charge in [0.05, 0.1) is 29.6 Å². The molecule has 0 atom stereocenters. The Kier molecular flexibility index (Phi) is 5.70. The Hall–Kier alpha value is -2.41. The van der Waals surface area contributed by atoms with Crippen molar-refractivity contribution in [1.82, 2.24) is 10.3 Å². The van der Waals surface area contributed by atoms with E-state index in [1.165, 1.54) is 0 Å². The molecule has 0 radical (unpaired) electrons. The SMILES string of the molecule is CCOc1cccc(CNC(=O)Cc2nc(C)c(C(=O)[O-])s2)c1. The van der Waals surface area contributed by atoms with Crippen LogP contribution in [0.2, 0.25) is 0 Å². The number of nitrogens with one attached hydrogen (secondary N) is 1. The monoisotopic (exact) mass is 333 g/mol. The van der Waals surface area contributed by atoms with Crippen LogP contribution in [0.3, 0.4) is 0 Å². The summed E-state index contributed by atoms with van der Waals surface area (Å²) in [7, 11) is 0. The molecule has 0 aliphatic carbocycles. The molecule has 0 bridgehead atoms. The van der Waals surface area contributed by atoms with Gasteiger partial charge in [-0.3, -0.25) is 4.79 Å². The number of thiazole rings is 1. The van der Waals surface area contributed by atoms with E-state index in [2.05, 4.69) is 10.3 Å². The molecule has 1 aromatic heterocycles. The van der Waals surface area contributed by atoms with Gasteiger partial charge in [-0.05, 0) is 31.5 Å². The van der Waals surface area contributed by atoms with Gasteiger partial charge in [0.1, 0.15) is 10.8 Å². The molecule has 1 heterocycles. The van der Waals surface area contributed by atoms with Crippen molar-refractivity contribution in [3.63, 3.8) is 0 Å². The van der Waals surface area contributed by atoms with Gasteiger partial charge >= 0.3 is 0 Å². The highest BCUT2D eigenvalue weighted by molar-refractivity contribution is 7.13. The lowest BCUT2D eigenvalue weighted by molar-refractivity contribution is -0.254. The fourth-order valence-electron chi connectivity index (χ4n) is 2.03. The highest BCUT2D eigenvalue weighted by Crippen LogP contribution is 2.18. The van der Waals surface area contributed by atoms with E-state index in [0.717, 1.165) is 22.6 Å². The second-order valence-electron chi connectivity index (χ2n) is 4.84. The summed E-state index contributed by atoms with van der Waals surface area (Å²) in [6, 6.07) is 7.48. The van der Waals surface area contributed by atoms with Crippen molar-refractivity contribution < 1.29 is 19.4 Å². The molecule has 122 valence electrons. The minimum absolute atomic E-state index is 0.0456. The summed E-state index contributed by atoms with van der Waals surface area (Å²) in [4.78, 5) is 27.0. The van der Waals surface area contributed by atoms with E-state index in [-0.39, 0.29) is 17.2 Å². The van der Waals surface area contributed by atoms with E-state index in [1.807, 2.05) is 31.2 Å². The maximum atomic E-state index is 11.9. The third-order valence-electron chi connectivity index (χ3n) is 3.04. The third-order valence-corrected chi connectivity index (χ3v) is 4.17. The Bertz CT molecular complexity index is 712. The summed E-state index contributed by atoms with van der Waals surface area (Å²) in [6.07, 6.45) is 0.0456. The van der Waals surface area contributed by atoms with E-state index in [9.17, 15) is 14.7 Å². The quantitative estimate of drug-likeness (QED) is 0.818. The lowest BCUT2D eigenvalue weighted by Crippen LogP contribution is -2.24. The zero-order valence-electron chi connectivity index (χ0n) is 12.9. The number of aromatic carboxylic acids is 1. The molecule has 7 heteroatoms.